The fourth-order valence-electron chi connectivity index (χ4n) is 4.29. The molecule has 2 aliphatic rings. The minimum absolute atomic E-state index is 0.0572. The van der Waals surface area contributed by atoms with E-state index in [1.165, 1.54) is 5.56 Å². The van der Waals surface area contributed by atoms with Crippen LogP contribution in [0.15, 0.2) is 23.1 Å². The van der Waals surface area contributed by atoms with Gasteiger partial charge in [-0.1, -0.05) is 0 Å². The number of benzene rings is 1. The lowest BCUT2D eigenvalue weighted by molar-refractivity contribution is 0.0695. The fourth-order valence-corrected chi connectivity index (χ4v) is 4.29. The molecule has 8 nitrogen and oxygen atoms in total. The maximum Gasteiger partial charge on any atom is 0.330 e. The third kappa shape index (κ3) is 3.07. The lowest BCUT2D eigenvalue weighted by Gasteiger charge is -2.22. The second kappa shape index (κ2) is 6.88. The Balaban J connectivity index is 1.54. The second-order valence-electron chi connectivity index (χ2n) is 7.99. The SMILES string of the molecule is Cc1cc2c(cc1Nc1ncc3c(n1)n(C1CCOCC1)c(=O)n3C)CC(C)O2. The quantitative estimate of drug-likeness (QED) is 0.734. The van der Waals surface area contributed by atoms with Gasteiger partial charge in [-0.3, -0.25) is 9.13 Å². The number of nitrogens with zero attached hydrogens (tertiary/aromatic N) is 4. The van der Waals surface area contributed by atoms with E-state index < -0.39 is 0 Å². The van der Waals surface area contributed by atoms with Gasteiger partial charge >= 0.3 is 5.69 Å². The largest absolute Gasteiger partial charge is 0.490 e. The Morgan fingerprint density at radius 1 is 1.24 bits per heavy atom. The molecule has 0 amide bonds. The van der Waals surface area contributed by atoms with Crippen LogP contribution in [0.25, 0.3) is 11.2 Å². The summed E-state index contributed by atoms with van der Waals surface area (Å²) in [5.41, 5.74) is 4.55. The zero-order valence-corrected chi connectivity index (χ0v) is 16.9. The predicted molar refractivity (Wildman–Crippen MR) is 110 cm³/mol. The Kier molecular flexibility index (Phi) is 4.31. The van der Waals surface area contributed by atoms with Gasteiger partial charge in [0, 0.05) is 38.4 Å². The Labute approximate surface area is 168 Å². The van der Waals surface area contributed by atoms with Crippen molar-refractivity contribution in [3.8, 4) is 5.75 Å². The van der Waals surface area contributed by atoms with Crippen molar-refractivity contribution < 1.29 is 9.47 Å². The molecule has 1 atom stereocenters. The van der Waals surface area contributed by atoms with Crippen LogP contribution in [0.5, 0.6) is 5.75 Å². The molecule has 152 valence electrons. The van der Waals surface area contributed by atoms with Crippen molar-refractivity contribution in [2.24, 2.45) is 7.05 Å². The molecule has 8 heteroatoms. The molecule has 3 aromatic rings. The first-order chi connectivity index (χ1) is 14.0. The molecule has 1 fully saturated rings. The molecular weight excluding hydrogens is 370 g/mol. The van der Waals surface area contributed by atoms with Gasteiger partial charge in [0.1, 0.15) is 17.4 Å². The first-order valence-electron chi connectivity index (χ1n) is 10.1. The third-order valence-corrected chi connectivity index (χ3v) is 5.88. The second-order valence-corrected chi connectivity index (χ2v) is 7.99. The highest BCUT2D eigenvalue weighted by Gasteiger charge is 2.24. The Morgan fingerprint density at radius 3 is 2.83 bits per heavy atom. The molecule has 1 unspecified atom stereocenters. The molecule has 1 aromatic carbocycles. The zero-order chi connectivity index (χ0) is 20.1. The average Bonchev–Trinajstić information content (AvgIpc) is 3.18. The van der Waals surface area contributed by atoms with Gasteiger partial charge in [0.25, 0.3) is 0 Å². The summed E-state index contributed by atoms with van der Waals surface area (Å²) >= 11 is 0. The van der Waals surface area contributed by atoms with Crippen molar-refractivity contribution in [1.82, 2.24) is 19.1 Å². The van der Waals surface area contributed by atoms with Crippen LogP contribution in [0.1, 0.15) is 36.9 Å². The molecule has 5 rings (SSSR count). The van der Waals surface area contributed by atoms with E-state index in [1.807, 2.05) is 6.92 Å². The van der Waals surface area contributed by atoms with Gasteiger partial charge in [0.15, 0.2) is 5.65 Å². The molecule has 0 bridgehead atoms. The summed E-state index contributed by atoms with van der Waals surface area (Å²) in [7, 11) is 1.77. The molecule has 29 heavy (non-hydrogen) atoms. The molecule has 4 heterocycles. The molecule has 2 aromatic heterocycles. The third-order valence-electron chi connectivity index (χ3n) is 5.88. The van der Waals surface area contributed by atoms with Crippen molar-refractivity contribution in [2.75, 3.05) is 18.5 Å². The van der Waals surface area contributed by atoms with Crippen molar-refractivity contribution >= 4 is 22.8 Å². The highest BCUT2D eigenvalue weighted by atomic mass is 16.5. The molecule has 0 saturated carbocycles. The number of rotatable bonds is 3. The molecule has 2 aliphatic heterocycles. The monoisotopic (exact) mass is 395 g/mol. The number of anilines is 2. The van der Waals surface area contributed by atoms with Crippen LogP contribution in [0.4, 0.5) is 11.6 Å². The van der Waals surface area contributed by atoms with Gasteiger partial charge in [-0.05, 0) is 49.9 Å². The fraction of sp³-hybridized carbons (Fsp3) is 0.476. The topological polar surface area (TPSA) is 83.2 Å². The van der Waals surface area contributed by atoms with Crippen LogP contribution in [0, 0.1) is 6.92 Å². The Bertz CT molecular complexity index is 1140. The molecule has 0 spiro atoms. The van der Waals surface area contributed by atoms with Crippen LogP contribution in [0.3, 0.4) is 0 Å². The maximum absolute atomic E-state index is 12.9. The van der Waals surface area contributed by atoms with Gasteiger partial charge in [0.2, 0.25) is 5.95 Å². The number of aryl methyl sites for hydroxylation is 2. The lowest BCUT2D eigenvalue weighted by atomic mass is 10.1. The van der Waals surface area contributed by atoms with E-state index in [1.54, 1.807) is 22.4 Å². The number of nitrogens with one attached hydrogen (secondary N) is 1. The van der Waals surface area contributed by atoms with Gasteiger partial charge in [-0.25, -0.2) is 9.78 Å². The van der Waals surface area contributed by atoms with E-state index in [0.717, 1.165) is 41.8 Å². The number of hydrogen-bond acceptors (Lipinski definition) is 6. The number of imidazole rings is 1. The summed E-state index contributed by atoms with van der Waals surface area (Å²) in [6.45, 7) is 5.44. The highest BCUT2D eigenvalue weighted by molar-refractivity contribution is 5.73. The normalized spacial score (nSPS) is 19.3. The van der Waals surface area contributed by atoms with E-state index in [-0.39, 0.29) is 17.8 Å². The van der Waals surface area contributed by atoms with E-state index in [0.29, 0.717) is 24.8 Å². The zero-order valence-electron chi connectivity index (χ0n) is 16.9. The maximum atomic E-state index is 12.9. The number of aromatic nitrogens is 4. The first kappa shape index (κ1) is 18.2. The summed E-state index contributed by atoms with van der Waals surface area (Å²) in [5.74, 6) is 1.44. The molecular formula is C21H25N5O3. The van der Waals surface area contributed by atoms with Crippen LogP contribution in [-0.4, -0.2) is 38.4 Å². The average molecular weight is 395 g/mol. The predicted octanol–water partition coefficient (Wildman–Crippen LogP) is 2.86. The van der Waals surface area contributed by atoms with Crippen molar-refractivity contribution in [3.63, 3.8) is 0 Å². The Hall–Kier alpha value is -2.87. The van der Waals surface area contributed by atoms with E-state index >= 15 is 0 Å². The molecule has 0 radical (unpaired) electrons. The summed E-state index contributed by atoms with van der Waals surface area (Å²) in [6, 6.07) is 4.27. The minimum Gasteiger partial charge on any atom is -0.490 e. The van der Waals surface area contributed by atoms with Crippen LogP contribution in [0.2, 0.25) is 0 Å². The smallest absolute Gasteiger partial charge is 0.330 e. The number of fused-ring (bicyclic) bond motifs is 2. The van der Waals surface area contributed by atoms with Gasteiger partial charge < -0.3 is 14.8 Å². The van der Waals surface area contributed by atoms with Crippen molar-refractivity contribution in [2.45, 2.75) is 45.3 Å². The summed E-state index contributed by atoms with van der Waals surface area (Å²) in [4.78, 5) is 22.0. The minimum atomic E-state index is -0.0572. The molecule has 0 aliphatic carbocycles. The summed E-state index contributed by atoms with van der Waals surface area (Å²) in [6.07, 6.45) is 4.44. The van der Waals surface area contributed by atoms with Crippen LogP contribution in [-0.2, 0) is 18.2 Å². The standard InChI is InChI=1S/C21H25N5O3/c1-12-8-18-14(9-13(2)29-18)10-16(12)23-20-22-11-17-19(24-20)26(21(27)25(17)3)15-4-6-28-7-5-15/h8,10-11,13,15H,4-7,9H2,1-3H3,(H,22,23,24). The van der Waals surface area contributed by atoms with E-state index in [4.69, 9.17) is 14.5 Å². The Morgan fingerprint density at radius 2 is 2.03 bits per heavy atom. The van der Waals surface area contributed by atoms with E-state index in [9.17, 15) is 4.79 Å². The van der Waals surface area contributed by atoms with Gasteiger partial charge in [-0.2, -0.15) is 4.98 Å². The van der Waals surface area contributed by atoms with Gasteiger partial charge in [0.05, 0.1) is 6.20 Å². The van der Waals surface area contributed by atoms with Crippen molar-refractivity contribution in [3.05, 3.63) is 39.9 Å². The number of hydrogen-bond donors (Lipinski definition) is 1. The van der Waals surface area contributed by atoms with Crippen LogP contribution < -0.4 is 15.7 Å². The summed E-state index contributed by atoms with van der Waals surface area (Å²) < 4.78 is 14.7. The summed E-state index contributed by atoms with van der Waals surface area (Å²) in [5, 5.41) is 3.34. The highest BCUT2D eigenvalue weighted by Crippen LogP contribution is 2.34. The first-order valence-corrected chi connectivity index (χ1v) is 10.1. The molecule has 1 N–H and O–H groups in total. The molecule has 1 saturated heterocycles. The van der Waals surface area contributed by atoms with Crippen molar-refractivity contribution in [1.29, 1.82) is 0 Å². The lowest BCUT2D eigenvalue weighted by Crippen LogP contribution is -2.30. The van der Waals surface area contributed by atoms with Crippen LogP contribution >= 0.6 is 0 Å². The van der Waals surface area contributed by atoms with Gasteiger partial charge in [-0.15, -0.1) is 0 Å². The van der Waals surface area contributed by atoms with E-state index in [2.05, 4.69) is 29.4 Å². The number of ether oxygens (including phenoxy) is 2.